The number of hydrogen-bond acceptors (Lipinski definition) is 1. The van der Waals surface area contributed by atoms with Crippen LogP contribution in [-0.4, -0.2) is 6.29 Å². The van der Waals surface area contributed by atoms with E-state index in [2.05, 4.69) is 26.8 Å². The second kappa shape index (κ2) is 5.33. The van der Waals surface area contributed by atoms with Gasteiger partial charge >= 0.3 is 0 Å². The van der Waals surface area contributed by atoms with Crippen molar-refractivity contribution in [1.82, 2.24) is 0 Å². The normalized spacial score (nSPS) is 27.6. The van der Waals surface area contributed by atoms with Crippen LogP contribution in [0.1, 0.15) is 46.5 Å². The molecular weight excluding hydrogens is 172 g/mol. The van der Waals surface area contributed by atoms with Gasteiger partial charge in [0.05, 0.1) is 0 Å². The molecule has 0 N–H and O–H groups in total. The minimum atomic E-state index is 0.668. The van der Waals surface area contributed by atoms with Crippen LogP contribution in [0.25, 0.3) is 0 Å². The minimum Gasteiger partial charge on any atom is -0.303 e. The van der Waals surface area contributed by atoms with E-state index in [0.29, 0.717) is 5.92 Å². The number of hydrogen-bond donors (Lipinski definition) is 0. The fourth-order valence-corrected chi connectivity index (χ4v) is 2.31. The topological polar surface area (TPSA) is 17.1 Å². The SMILES string of the molecule is CC1=CC[C@H](C(C)C)C[C@H]1CCC=O. The van der Waals surface area contributed by atoms with E-state index < -0.39 is 0 Å². The van der Waals surface area contributed by atoms with Crippen molar-refractivity contribution in [3.05, 3.63) is 11.6 Å². The molecule has 1 aliphatic carbocycles. The Bertz CT molecular complexity index is 215. The summed E-state index contributed by atoms with van der Waals surface area (Å²) in [6.07, 6.45) is 7.72. The van der Waals surface area contributed by atoms with Gasteiger partial charge in [-0.25, -0.2) is 0 Å². The fraction of sp³-hybridized carbons (Fsp3) is 0.769. The van der Waals surface area contributed by atoms with Gasteiger partial charge in [-0.05, 0) is 43.9 Å². The average molecular weight is 194 g/mol. The predicted molar refractivity (Wildman–Crippen MR) is 60.1 cm³/mol. The van der Waals surface area contributed by atoms with Crippen LogP contribution in [0.2, 0.25) is 0 Å². The second-order valence-electron chi connectivity index (χ2n) is 4.86. The van der Waals surface area contributed by atoms with Crippen molar-refractivity contribution in [2.24, 2.45) is 17.8 Å². The van der Waals surface area contributed by atoms with Gasteiger partial charge in [-0.1, -0.05) is 25.5 Å². The largest absolute Gasteiger partial charge is 0.303 e. The molecule has 1 rings (SSSR count). The molecule has 0 saturated heterocycles. The van der Waals surface area contributed by atoms with Gasteiger partial charge in [-0.2, -0.15) is 0 Å². The van der Waals surface area contributed by atoms with Gasteiger partial charge in [0.1, 0.15) is 6.29 Å². The Balaban J connectivity index is 2.52. The summed E-state index contributed by atoms with van der Waals surface area (Å²) in [5.41, 5.74) is 1.50. The van der Waals surface area contributed by atoms with Gasteiger partial charge in [0.2, 0.25) is 0 Å². The first kappa shape index (κ1) is 11.5. The zero-order valence-electron chi connectivity index (χ0n) is 9.62. The van der Waals surface area contributed by atoms with Crippen LogP contribution in [0.4, 0.5) is 0 Å². The molecule has 0 fully saturated rings. The number of rotatable bonds is 4. The molecule has 0 aromatic heterocycles. The van der Waals surface area contributed by atoms with E-state index in [-0.39, 0.29) is 0 Å². The molecule has 14 heavy (non-hydrogen) atoms. The Hall–Kier alpha value is -0.590. The Kier molecular flexibility index (Phi) is 4.37. The molecule has 80 valence electrons. The van der Waals surface area contributed by atoms with Gasteiger partial charge in [0, 0.05) is 6.42 Å². The van der Waals surface area contributed by atoms with E-state index in [0.717, 1.165) is 31.0 Å². The van der Waals surface area contributed by atoms with Gasteiger partial charge in [-0.15, -0.1) is 0 Å². The summed E-state index contributed by atoms with van der Waals surface area (Å²) < 4.78 is 0. The Morgan fingerprint density at radius 2 is 2.29 bits per heavy atom. The molecule has 0 aliphatic heterocycles. The van der Waals surface area contributed by atoms with E-state index in [9.17, 15) is 4.79 Å². The van der Waals surface area contributed by atoms with Crippen LogP contribution in [-0.2, 0) is 4.79 Å². The number of aldehydes is 1. The zero-order valence-corrected chi connectivity index (χ0v) is 9.62. The van der Waals surface area contributed by atoms with E-state index in [4.69, 9.17) is 0 Å². The molecule has 0 unspecified atom stereocenters. The van der Waals surface area contributed by atoms with Crippen molar-refractivity contribution in [2.45, 2.75) is 46.5 Å². The number of carbonyl (C=O) groups is 1. The lowest BCUT2D eigenvalue weighted by molar-refractivity contribution is -0.108. The lowest BCUT2D eigenvalue weighted by Gasteiger charge is -2.30. The molecule has 0 aromatic carbocycles. The van der Waals surface area contributed by atoms with Gasteiger partial charge in [-0.3, -0.25) is 0 Å². The lowest BCUT2D eigenvalue weighted by atomic mass is 9.75. The molecule has 0 aromatic rings. The number of carbonyl (C=O) groups excluding carboxylic acids is 1. The van der Waals surface area contributed by atoms with Crippen LogP contribution >= 0.6 is 0 Å². The highest BCUT2D eigenvalue weighted by Crippen LogP contribution is 2.35. The molecule has 0 radical (unpaired) electrons. The molecule has 1 nitrogen and oxygen atoms in total. The van der Waals surface area contributed by atoms with Crippen molar-refractivity contribution in [3.63, 3.8) is 0 Å². The number of allylic oxidation sites excluding steroid dienone is 2. The second-order valence-corrected chi connectivity index (χ2v) is 4.86. The summed E-state index contributed by atoms with van der Waals surface area (Å²) >= 11 is 0. The summed E-state index contributed by atoms with van der Waals surface area (Å²) in [5, 5.41) is 0. The molecule has 0 saturated carbocycles. The Labute approximate surface area is 87.6 Å². The molecular formula is C13H22O. The Morgan fingerprint density at radius 1 is 1.57 bits per heavy atom. The van der Waals surface area contributed by atoms with E-state index >= 15 is 0 Å². The molecule has 0 heterocycles. The minimum absolute atomic E-state index is 0.668. The van der Waals surface area contributed by atoms with Crippen molar-refractivity contribution in [1.29, 1.82) is 0 Å². The molecule has 1 aliphatic rings. The molecule has 1 heteroatoms. The highest BCUT2D eigenvalue weighted by molar-refractivity contribution is 5.49. The van der Waals surface area contributed by atoms with Crippen LogP contribution in [0, 0.1) is 17.8 Å². The van der Waals surface area contributed by atoms with E-state index in [1.54, 1.807) is 0 Å². The van der Waals surface area contributed by atoms with Crippen molar-refractivity contribution in [3.8, 4) is 0 Å². The van der Waals surface area contributed by atoms with Crippen molar-refractivity contribution < 1.29 is 4.79 Å². The maximum absolute atomic E-state index is 10.4. The monoisotopic (exact) mass is 194 g/mol. The maximum atomic E-state index is 10.4. The van der Waals surface area contributed by atoms with E-state index in [1.807, 2.05) is 0 Å². The highest BCUT2D eigenvalue weighted by Gasteiger charge is 2.23. The van der Waals surface area contributed by atoms with Crippen molar-refractivity contribution >= 4 is 6.29 Å². The summed E-state index contributed by atoms with van der Waals surface area (Å²) in [6, 6.07) is 0. The average Bonchev–Trinajstić information content (AvgIpc) is 2.16. The first-order valence-corrected chi connectivity index (χ1v) is 5.75. The predicted octanol–water partition coefficient (Wildman–Crippen LogP) is 3.59. The van der Waals surface area contributed by atoms with Gasteiger partial charge in [0.15, 0.2) is 0 Å². The first-order valence-electron chi connectivity index (χ1n) is 5.75. The van der Waals surface area contributed by atoms with Crippen LogP contribution in [0.3, 0.4) is 0 Å². The quantitative estimate of drug-likeness (QED) is 0.493. The molecule has 0 amide bonds. The molecule has 2 atom stereocenters. The van der Waals surface area contributed by atoms with Crippen LogP contribution in [0.15, 0.2) is 11.6 Å². The summed E-state index contributed by atoms with van der Waals surface area (Å²) in [5.74, 6) is 2.27. The third-order valence-electron chi connectivity index (χ3n) is 3.55. The lowest BCUT2D eigenvalue weighted by Crippen LogP contribution is -2.19. The fourth-order valence-electron chi connectivity index (χ4n) is 2.31. The third kappa shape index (κ3) is 2.97. The summed E-state index contributed by atoms with van der Waals surface area (Å²) in [4.78, 5) is 10.4. The van der Waals surface area contributed by atoms with E-state index in [1.165, 1.54) is 18.4 Å². The van der Waals surface area contributed by atoms with Crippen LogP contribution in [0.5, 0.6) is 0 Å². The summed E-state index contributed by atoms with van der Waals surface area (Å²) in [7, 11) is 0. The van der Waals surface area contributed by atoms with Crippen molar-refractivity contribution in [2.75, 3.05) is 0 Å². The standard InChI is InChI=1S/C13H22O/c1-10(2)12-7-6-11(3)13(9-12)5-4-8-14/h6,8,10,12-13H,4-5,7,9H2,1-3H3/t12-,13+/m0/s1. The maximum Gasteiger partial charge on any atom is 0.120 e. The first-order chi connectivity index (χ1) is 6.65. The molecule has 0 bridgehead atoms. The smallest absolute Gasteiger partial charge is 0.120 e. The summed E-state index contributed by atoms with van der Waals surface area (Å²) in [6.45, 7) is 6.82. The van der Waals surface area contributed by atoms with Gasteiger partial charge in [0.25, 0.3) is 0 Å². The molecule has 0 spiro atoms. The van der Waals surface area contributed by atoms with Crippen LogP contribution < -0.4 is 0 Å². The zero-order chi connectivity index (χ0) is 10.6. The highest BCUT2D eigenvalue weighted by atomic mass is 16.1. The third-order valence-corrected chi connectivity index (χ3v) is 3.55. The Morgan fingerprint density at radius 3 is 2.86 bits per heavy atom. The van der Waals surface area contributed by atoms with Gasteiger partial charge < -0.3 is 4.79 Å².